The van der Waals surface area contributed by atoms with E-state index in [4.69, 9.17) is 14.2 Å². The molecule has 0 spiro atoms. The van der Waals surface area contributed by atoms with Crippen LogP contribution in [0.1, 0.15) is 32.7 Å². The van der Waals surface area contributed by atoms with E-state index in [2.05, 4.69) is 15.5 Å². The van der Waals surface area contributed by atoms with Crippen LogP contribution in [0.4, 0.5) is 5.69 Å². The molecule has 9 heteroatoms. The van der Waals surface area contributed by atoms with Gasteiger partial charge < -0.3 is 24.1 Å². The standard InChI is InChI=1S/C23H28N4O4S/c1-6-27-21(15(2)31-20-13-11-19(30-5)12-14-20)25-26-23(27)32-16(3)22(28)24-17-7-9-18(29-4)10-8-17/h7-16H,6H2,1-5H3,(H,24,28). The van der Waals surface area contributed by atoms with Gasteiger partial charge in [0, 0.05) is 12.2 Å². The summed E-state index contributed by atoms with van der Waals surface area (Å²) in [6.45, 7) is 6.44. The van der Waals surface area contributed by atoms with Crippen molar-refractivity contribution in [2.45, 2.75) is 43.8 Å². The van der Waals surface area contributed by atoms with Crippen LogP contribution in [0.25, 0.3) is 0 Å². The summed E-state index contributed by atoms with van der Waals surface area (Å²) >= 11 is 1.36. The maximum absolute atomic E-state index is 12.6. The number of methoxy groups -OCH3 is 2. The van der Waals surface area contributed by atoms with Gasteiger partial charge in [0.05, 0.1) is 19.5 Å². The minimum atomic E-state index is -0.364. The zero-order valence-electron chi connectivity index (χ0n) is 18.9. The van der Waals surface area contributed by atoms with E-state index in [1.165, 1.54) is 11.8 Å². The number of carbonyl (C=O) groups excluding carboxylic acids is 1. The Kier molecular flexibility index (Phi) is 7.99. The predicted octanol–water partition coefficient (Wildman–Crippen LogP) is 4.57. The fourth-order valence-electron chi connectivity index (χ4n) is 3.03. The molecule has 1 aromatic heterocycles. The Labute approximate surface area is 192 Å². The van der Waals surface area contributed by atoms with E-state index in [1.54, 1.807) is 38.5 Å². The topological polar surface area (TPSA) is 87.5 Å². The maximum atomic E-state index is 12.6. The first-order valence-electron chi connectivity index (χ1n) is 10.3. The highest BCUT2D eigenvalue weighted by molar-refractivity contribution is 8.00. The number of benzene rings is 2. The lowest BCUT2D eigenvalue weighted by Crippen LogP contribution is -2.23. The van der Waals surface area contributed by atoms with Gasteiger partial charge in [-0.25, -0.2) is 0 Å². The molecule has 32 heavy (non-hydrogen) atoms. The summed E-state index contributed by atoms with van der Waals surface area (Å²) in [6.07, 6.45) is -0.311. The van der Waals surface area contributed by atoms with Gasteiger partial charge in [-0.3, -0.25) is 4.79 Å². The SMILES string of the molecule is CCn1c(SC(C)C(=O)Nc2ccc(OC)cc2)nnc1C(C)Oc1ccc(OC)cc1. The van der Waals surface area contributed by atoms with Gasteiger partial charge >= 0.3 is 0 Å². The van der Waals surface area contributed by atoms with Crippen LogP contribution >= 0.6 is 11.8 Å². The third-order valence-corrected chi connectivity index (χ3v) is 5.89. The average Bonchev–Trinajstić information content (AvgIpc) is 3.22. The van der Waals surface area contributed by atoms with Gasteiger partial charge in [-0.2, -0.15) is 0 Å². The first-order valence-corrected chi connectivity index (χ1v) is 11.2. The van der Waals surface area contributed by atoms with Crippen molar-refractivity contribution in [3.63, 3.8) is 0 Å². The van der Waals surface area contributed by atoms with Crippen LogP contribution in [0.2, 0.25) is 0 Å². The van der Waals surface area contributed by atoms with Crippen LogP contribution in [0, 0.1) is 0 Å². The predicted molar refractivity (Wildman–Crippen MR) is 125 cm³/mol. The van der Waals surface area contributed by atoms with E-state index in [-0.39, 0.29) is 17.3 Å². The Balaban J connectivity index is 1.65. The van der Waals surface area contributed by atoms with Gasteiger partial charge in [0.2, 0.25) is 5.91 Å². The smallest absolute Gasteiger partial charge is 0.237 e. The summed E-state index contributed by atoms with van der Waals surface area (Å²) < 4.78 is 18.3. The maximum Gasteiger partial charge on any atom is 0.237 e. The second-order valence-corrected chi connectivity index (χ2v) is 8.31. The van der Waals surface area contributed by atoms with Crippen molar-refractivity contribution >= 4 is 23.4 Å². The summed E-state index contributed by atoms with van der Waals surface area (Å²) in [7, 11) is 3.23. The number of nitrogens with zero attached hydrogens (tertiary/aromatic N) is 3. The van der Waals surface area contributed by atoms with Crippen molar-refractivity contribution in [2.75, 3.05) is 19.5 Å². The molecule has 0 bridgehead atoms. The molecular formula is C23H28N4O4S. The number of rotatable bonds is 10. The van der Waals surface area contributed by atoms with Gasteiger partial charge in [0.25, 0.3) is 0 Å². The molecule has 3 aromatic rings. The Bertz CT molecular complexity index is 1020. The molecule has 2 aromatic carbocycles. The molecule has 0 aliphatic carbocycles. The van der Waals surface area contributed by atoms with E-state index in [9.17, 15) is 4.79 Å². The molecule has 170 valence electrons. The third kappa shape index (κ3) is 5.73. The molecule has 0 aliphatic heterocycles. The quantitative estimate of drug-likeness (QED) is 0.447. The van der Waals surface area contributed by atoms with Crippen molar-refractivity contribution in [1.82, 2.24) is 14.8 Å². The molecular weight excluding hydrogens is 428 g/mol. The zero-order valence-corrected chi connectivity index (χ0v) is 19.7. The van der Waals surface area contributed by atoms with Crippen LogP contribution in [0.3, 0.4) is 0 Å². The third-order valence-electron chi connectivity index (χ3n) is 4.81. The van der Waals surface area contributed by atoms with Crippen LogP contribution in [-0.2, 0) is 11.3 Å². The van der Waals surface area contributed by atoms with E-state index >= 15 is 0 Å². The van der Waals surface area contributed by atoms with Crippen LogP contribution in [-0.4, -0.2) is 40.1 Å². The van der Waals surface area contributed by atoms with E-state index in [1.807, 2.05) is 49.6 Å². The lowest BCUT2D eigenvalue weighted by Gasteiger charge is -2.16. The monoisotopic (exact) mass is 456 g/mol. The molecule has 0 saturated carbocycles. The summed E-state index contributed by atoms with van der Waals surface area (Å²) in [5, 5.41) is 11.9. The molecule has 2 atom stereocenters. The van der Waals surface area contributed by atoms with Crippen LogP contribution in [0.5, 0.6) is 17.2 Å². The normalized spacial score (nSPS) is 12.7. The molecule has 1 heterocycles. The molecule has 8 nitrogen and oxygen atoms in total. The van der Waals surface area contributed by atoms with E-state index < -0.39 is 0 Å². The summed E-state index contributed by atoms with van der Waals surface area (Å²) in [6, 6.07) is 14.6. The van der Waals surface area contributed by atoms with Gasteiger partial charge in [0.1, 0.15) is 17.2 Å². The number of amides is 1. The molecule has 0 radical (unpaired) electrons. The fourth-order valence-corrected chi connectivity index (χ4v) is 3.95. The second kappa shape index (κ2) is 10.9. The molecule has 2 unspecified atom stereocenters. The largest absolute Gasteiger partial charge is 0.497 e. The fraction of sp³-hybridized carbons (Fsp3) is 0.348. The average molecular weight is 457 g/mol. The molecule has 3 rings (SSSR count). The molecule has 1 N–H and O–H groups in total. The molecule has 1 amide bonds. The highest BCUT2D eigenvalue weighted by Gasteiger charge is 2.23. The first kappa shape index (κ1) is 23.5. The number of anilines is 1. The number of nitrogens with one attached hydrogen (secondary N) is 1. The van der Waals surface area contributed by atoms with Gasteiger partial charge in [-0.15, -0.1) is 10.2 Å². The molecule has 0 aliphatic rings. The number of ether oxygens (including phenoxy) is 3. The molecule has 0 saturated heterocycles. The Morgan fingerprint density at radius 2 is 1.53 bits per heavy atom. The number of hydrogen-bond donors (Lipinski definition) is 1. The first-order chi connectivity index (χ1) is 15.4. The minimum absolute atomic E-state index is 0.116. The van der Waals surface area contributed by atoms with Crippen molar-refractivity contribution in [2.24, 2.45) is 0 Å². The summed E-state index contributed by atoms with van der Waals surface area (Å²) in [5.74, 6) is 2.80. The highest BCUT2D eigenvalue weighted by Crippen LogP contribution is 2.28. The number of thioether (sulfide) groups is 1. The Hall–Kier alpha value is -3.20. The van der Waals surface area contributed by atoms with Crippen molar-refractivity contribution < 1.29 is 19.0 Å². The van der Waals surface area contributed by atoms with Crippen LogP contribution < -0.4 is 19.5 Å². The van der Waals surface area contributed by atoms with Crippen molar-refractivity contribution in [1.29, 1.82) is 0 Å². The highest BCUT2D eigenvalue weighted by atomic mass is 32.2. The zero-order chi connectivity index (χ0) is 23.1. The van der Waals surface area contributed by atoms with Gasteiger partial charge in [-0.05, 0) is 69.3 Å². The van der Waals surface area contributed by atoms with Crippen molar-refractivity contribution in [3.8, 4) is 17.2 Å². The minimum Gasteiger partial charge on any atom is -0.497 e. The summed E-state index contributed by atoms with van der Waals surface area (Å²) in [5.41, 5.74) is 0.711. The van der Waals surface area contributed by atoms with Gasteiger partial charge in [-0.1, -0.05) is 11.8 Å². The Morgan fingerprint density at radius 3 is 2.09 bits per heavy atom. The van der Waals surface area contributed by atoms with Crippen LogP contribution in [0.15, 0.2) is 53.7 Å². The second-order valence-electron chi connectivity index (χ2n) is 7.00. The number of hydrogen-bond acceptors (Lipinski definition) is 7. The van der Waals surface area contributed by atoms with E-state index in [0.717, 1.165) is 11.5 Å². The lowest BCUT2D eigenvalue weighted by molar-refractivity contribution is -0.115. The number of aromatic nitrogens is 3. The lowest BCUT2D eigenvalue weighted by atomic mass is 10.3. The summed E-state index contributed by atoms with van der Waals surface area (Å²) in [4.78, 5) is 12.6. The van der Waals surface area contributed by atoms with Crippen molar-refractivity contribution in [3.05, 3.63) is 54.4 Å². The number of carbonyl (C=O) groups is 1. The van der Waals surface area contributed by atoms with Gasteiger partial charge in [0.15, 0.2) is 17.1 Å². The molecule has 0 fully saturated rings. The Morgan fingerprint density at radius 1 is 0.969 bits per heavy atom. The van der Waals surface area contributed by atoms with E-state index in [0.29, 0.717) is 29.0 Å².